The zero-order chi connectivity index (χ0) is 38.2. The van der Waals surface area contributed by atoms with E-state index in [0.29, 0.717) is 5.57 Å². The zero-order valence-electron chi connectivity index (χ0n) is 32.5. The van der Waals surface area contributed by atoms with Gasteiger partial charge in [0.2, 0.25) is 5.91 Å². The summed E-state index contributed by atoms with van der Waals surface area (Å²) < 4.78 is 36.7. The number of esters is 1. The van der Waals surface area contributed by atoms with Gasteiger partial charge in [0, 0.05) is 12.8 Å². The van der Waals surface area contributed by atoms with Crippen molar-refractivity contribution in [2.24, 2.45) is 0 Å². The van der Waals surface area contributed by atoms with Crippen LogP contribution in [0.2, 0.25) is 36.3 Å². The molecule has 1 aromatic carbocycles. The van der Waals surface area contributed by atoms with E-state index in [9.17, 15) is 9.59 Å². The summed E-state index contributed by atoms with van der Waals surface area (Å²) in [6, 6.07) is 6.00. The molecule has 1 aromatic rings. The van der Waals surface area contributed by atoms with E-state index < -0.39 is 71.0 Å². The first kappa shape index (κ1) is 39.5. The van der Waals surface area contributed by atoms with Crippen LogP contribution in [0, 0.1) is 0 Å². The van der Waals surface area contributed by atoms with Gasteiger partial charge in [-0.1, -0.05) is 71.9 Å². The highest BCUT2D eigenvalue weighted by Crippen LogP contribution is 2.45. The second-order valence-electron chi connectivity index (χ2n) is 17.0. The quantitative estimate of drug-likeness (QED) is 0.196. The number of nitrogens with zero attached hydrogens (tertiary/aromatic N) is 2. The molecule has 4 aliphatic heterocycles. The number of ether oxygens (including phenoxy) is 4. The van der Waals surface area contributed by atoms with Crippen molar-refractivity contribution >= 4 is 34.6 Å². The molecule has 0 saturated carbocycles. The number of hydrogen-bond acceptors (Lipinski definition) is 9. The Morgan fingerprint density at radius 2 is 1.23 bits per heavy atom. The Morgan fingerprint density at radius 3 is 1.71 bits per heavy atom. The number of benzene rings is 1. The Bertz CT molecular complexity index is 1620. The summed E-state index contributed by atoms with van der Waals surface area (Å²) >= 11 is 0. The molecule has 0 radical (unpaired) electrons. The van der Waals surface area contributed by atoms with Crippen molar-refractivity contribution in [3.05, 3.63) is 84.2 Å². The fraction of sp³-hybridized carbons (Fsp3) is 0.564. The fourth-order valence-electron chi connectivity index (χ4n) is 6.59. The molecule has 0 spiro atoms. The Balaban J connectivity index is 1.58. The molecular weight excluding hydrogens is 697 g/mol. The van der Waals surface area contributed by atoms with Gasteiger partial charge in [0.25, 0.3) is 0 Å². The van der Waals surface area contributed by atoms with Crippen LogP contribution in [-0.4, -0.2) is 87.9 Å². The van der Waals surface area contributed by atoms with Gasteiger partial charge in [-0.3, -0.25) is 9.69 Å². The lowest BCUT2D eigenvalue weighted by molar-refractivity contribution is -0.155. The van der Waals surface area contributed by atoms with Crippen LogP contribution in [0.4, 0.5) is 4.79 Å². The largest absolute Gasteiger partial charge is 0.473 e. The van der Waals surface area contributed by atoms with Gasteiger partial charge < -0.3 is 32.7 Å². The maximum atomic E-state index is 15.3. The molecule has 2 amide bonds. The van der Waals surface area contributed by atoms with E-state index >= 15 is 4.79 Å². The van der Waals surface area contributed by atoms with E-state index in [-0.39, 0.29) is 29.5 Å². The molecule has 0 unspecified atom stereocenters. The van der Waals surface area contributed by atoms with Crippen molar-refractivity contribution in [3.63, 3.8) is 0 Å². The molecule has 0 N–H and O–H groups in total. The molecule has 0 bridgehead atoms. The normalized spacial score (nSPS) is 26.2. The minimum Gasteiger partial charge on any atom is -0.473 e. The third-order valence-electron chi connectivity index (χ3n) is 11.5. The van der Waals surface area contributed by atoms with Gasteiger partial charge >= 0.3 is 12.1 Å². The van der Waals surface area contributed by atoms with Crippen LogP contribution < -0.4 is 0 Å². The molecule has 6 atom stereocenters. The van der Waals surface area contributed by atoms with E-state index in [1.54, 1.807) is 29.9 Å². The van der Waals surface area contributed by atoms with Gasteiger partial charge in [-0.25, -0.2) is 9.59 Å². The summed E-state index contributed by atoms with van der Waals surface area (Å²) in [6.07, 6.45) is 8.39. The molecule has 5 rings (SSSR count). The summed E-state index contributed by atoms with van der Waals surface area (Å²) in [5, 5.41) is -0.268. The van der Waals surface area contributed by atoms with Crippen LogP contribution in [-0.2, 0) is 44.0 Å². The lowest BCUT2D eigenvalue weighted by atomic mass is 10.0. The summed E-state index contributed by atoms with van der Waals surface area (Å²) in [4.78, 5) is 46.3. The first-order valence-corrected chi connectivity index (χ1v) is 23.9. The summed E-state index contributed by atoms with van der Waals surface area (Å²) in [5.74, 6) is -0.990. The zero-order valence-corrected chi connectivity index (χ0v) is 34.5. The highest BCUT2D eigenvalue weighted by atomic mass is 28.4. The van der Waals surface area contributed by atoms with E-state index in [0.717, 1.165) is 11.1 Å². The number of carbonyl (C=O) groups is 3. The molecule has 2 fully saturated rings. The summed E-state index contributed by atoms with van der Waals surface area (Å²) in [5.41, 5.74) is 2.25. The summed E-state index contributed by atoms with van der Waals surface area (Å²) in [6.45, 7) is 21.5. The second kappa shape index (κ2) is 15.0. The summed E-state index contributed by atoms with van der Waals surface area (Å²) in [7, 11) is -3.49. The smallest absolute Gasteiger partial charge is 0.411 e. The number of fused-ring (bicyclic) bond motifs is 2. The first-order chi connectivity index (χ1) is 24.3. The van der Waals surface area contributed by atoms with Crippen molar-refractivity contribution in [1.29, 1.82) is 0 Å². The van der Waals surface area contributed by atoms with Crippen LogP contribution in [0.25, 0.3) is 0 Å². The highest BCUT2D eigenvalue weighted by Gasteiger charge is 2.57. The third-order valence-corrected chi connectivity index (χ3v) is 20.5. The Morgan fingerprint density at radius 1 is 0.750 bits per heavy atom. The van der Waals surface area contributed by atoms with Gasteiger partial charge in [-0.2, -0.15) is 0 Å². The van der Waals surface area contributed by atoms with Crippen molar-refractivity contribution in [2.45, 2.75) is 134 Å². The average molecular weight is 753 g/mol. The molecule has 0 aliphatic carbocycles. The lowest BCUT2D eigenvalue weighted by Gasteiger charge is -2.43. The van der Waals surface area contributed by atoms with E-state index in [4.69, 9.17) is 27.8 Å². The number of amides is 2. The maximum absolute atomic E-state index is 15.3. The second-order valence-corrected chi connectivity index (χ2v) is 26.6. The topological polar surface area (TPSA) is 113 Å². The Labute approximate surface area is 310 Å². The monoisotopic (exact) mass is 752 g/mol. The average Bonchev–Trinajstić information content (AvgIpc) is 3.51. The van der Waals surface area contributed by atoms with Crippen molar-refractivity contribution < 1.29 is 42.2 Å². The third kappa shape index (κ3) is 7.97. The standard InChI is InChI=1S/C39H56N2O9Si2/c1-38(2,3)51(8,9)49-31-17-19-47-25-28-22-30(36(43)45-7)40(33(28)31)35(42)29-21-27-24-46-20-18-32(50-52(10,11)39(4,5)6)34(27)41(29)37(44)48-23-26-15-13-12-14-16-26/h12-20,24-25,29-34H,21-23H2,1-11H3/t29-,30-,31+,32+,33-,34-/m0/s1. The SMILES string of the molecule is COC(=O)[C@@H]1CC2=COC=C[C@@H](O[Si](C)(C)C(C)(C)C)[C@H]2N1C(=O)[C@@H]1CC2=COC=C[C@@H](O[Si](C)(C)C(C)(C)C)[C@H]2N1C(=O)OCc1ccccc1. The van der Waals surface area contributed by atoms with Crippen LogP contribution >= 0.6 is 0 Å². The minimum absolute atomic E-state index is 0.0114. The first-order valence-electron chi connectivity index (χ1n) is 18.0. The predicted octanol–water partition coefficient (Wildman–Crippen LogP) is 7.55. The molecule has 0 aromatic heterocycles. The van der Waals surface area contributed by atoms with Gasteiger partial charge in [-0.05, 0) is 65.1 Å². The fourth-order valence-corrected chi connectivity index (χ4v) is 9.07. The molecule has 11 nitrogen and oxygen atoms in total. The number of carbonyl (C=O) groups excluding carboxylic acids is 3. The van der Waals surface area contributed by atoms with Crippen LogP contribution in [0.5, 0.6) is 0 Å². The van der Waals surface area contributed by atoms with Crippen LogP contribution in [0.15, 0.2) is 78.7 Å². The lowest BCUT2D eigenvalue weighted by Crippen LogP contribution is -2.59. The van der Waals surface area contributed by atoms with Crippen molar-refractivity contribution in [2.75, 3.05) is 7.11 Å². The van der Waals surface area contributed by atoms with Crippen LogP contribution in [0.1, 0.15) is 59.9 Å². The molecule has 13 heteroatoms. The van der Waals surface area contributed by atoms with Crippen LogP contribution in [0.3, 0.4) is 0 Å². The van der Waals surface area contributed by atoms with E-state index in [1.807, 2.05) is 42.5 Å². The highest BCUT2D eigenvalue weighted by molar-refractivity contribution is 6.74. The van der Waals surface area contributed by atoms with Crippen molar-refractivity contribution in [1.82, 2.24) is 9.80 Å². The Hall–Kier alpha value is -3.66. The number of hydrogen-bond donors (Lipinski definition) is 0. The van der Waals surface area contributed by atoms with Gasteiger partial charge in [0.15, 0.2) is 16.6 Å². The minimum atomic E-state index is -2.40. The van der Waals surface area contributed by atoms with Gasteiger partial charge in [0.1, 0.15) is 18.7 Å². The molecule has 284 valence electrons. The molecular formula is C39H56N2O9Si2. The van der Waals surface area contributed by atoms with Gasteiger partial charge in [-0.15, -0.1) is 0 Å². The van der Waals surface area contributed by atoms with E-state index in [1.165, 1.54) is 12.0 Å². The Kier molecular flexibility index (Phi) is 11.4. The molecule has 52 heavy (non-hydrogen) atoms. The van der Waals surface area contributed by atoms with Crippen molar-refractivity contribution in [3.8, 4) is 0 Å². The predicted molar refractivity (Wildman–Crippen MR) is 202 cm³/mol. The number of rotatable bonds is 8. The molecule has 4 aliphatic rings. The number of methoxy groups -OCH3 is 1. The molecule has 4 heterocycles. The van der Waals surface area contributed by atoms with Gasteiger partial charge in [0.05, 0.1) is 56.4 Å². The maximum Gasteiger partial charge on any atom is 0.411 e. The number of likely N-dealkylation sites (tertiary alicyclic amines) is 2. The van der Waals surface area contributed by atoms with E-state index in [2.05, 4.69) is 67.7 Å². The molecule has 2 saturated heterocycles.